The molecule has 0 bridgehead atoms. The summed E-state index contributed by atoms with van der Waals surface area (Å²) < 4.78 is -0.817. The number of amides is 1. The zero-order chi connectivity index (χ0) is 23.9. The number of benzene rings is 2. The number of fused-ring (bicyclic) bond motifs is 2. The van der Waals surface area contributed by atoms with Gasteiger partial charge >= 0.3 is 0 Å². The number of quaternary nitrogens is 1. The maximum absolute atomic E-state index is 14.7. The monoisotopic (exact) mass is 458 g/mol. The maximum atomic E-state index is 14.7. The van der Waals surface area contributed by atoms with E-state index in [2.05, 4.69) is 10.3 Å². The summed E-state index contributed by atoms with van der Waals surface area (Å²) in [6.45, 7) is 0.0883. The van der Waals surface area contributed by atoms with E-state index in [4.69, 9.17) is 16.9 Å². The molecule has 1 amide bonds. The highest BCUT2D eigenvalue weighted by molar-refractivity contribution is 5.97. The standard InChI is InChI=1S/C26H30N6O2/c27-19-7-9-20(10-8-19)31-26(33)24-13-16-5-6-17(25(28)29)14-23(16)32(24,34)15-18-11-12-30-22-4-2-1-3-21(18)22/h1-6,11-12,14,19-20,24H,7-10,13,15,27H2,(H3,28,29)(H,31,33). The molecule has 1 fully saturated rings. The van der Waals surface area contributed by atoms with Crippen molar-refractivity contribution in [1.82, 2.24) is 14.9 Å². The molecule has 34 heavy (non-hydrogen) atoms. The van der Waals surface area contributed by atoms with Crippen LogP contribution in [0.1, 0.15) is 42.4 Å². The van der Waals surface area contributed by atoms with Gasteiger partial charge in [-0.25, -0.2) is 0 Å². The molecule has 6 N–H and O–H groups in total. The highest BCUT2D eigenvalue weighted by atomic mass is 16.6. The number of carbonyl (C=O) groups excluding carboxylic acids is 1. The molecule has 1 aliphatic heterocycles. The summed E-state index contributed by atoms with van der Waals surface area (Å²) >= 11 is 0. The van der Waals surface area contributed by atoms with Crippen molar-refractivity contribution < 1.29 is 4.79 Å². The van der Waals surface area contributed by atoms with Gasteiger partial charge in [0.15, 0.2) is 6.04 Å². The van der Waals surface area contributed by atoms with Gasteiger partial charge in [-0.05, 0) is 37.8 Å². The van der Waals surface area contributed by atoms with Gasteiger partial charge < -0.3 is 26.6 Å². The minimum Gasteiger partial charge on any atom is -0.627 e. The Balaban J connectivity index is 1.53. The molecule has 1 aromatic heterocycles. The minimum atomic E-state index is -0.820. The summed E-state index contributed by atoms with van der Waals surface area (Å²) in [4.78, 5) is 17.9. The number of nitrogens with two attached hydrogens (primary N) is 2. The molecule has 2 unspecified atom stereocenters. The van der Waals surface area contributed by atoms with Crippen LogP contribution in [-0.4, -0.2) is 34.9 Å². The molecular weight excluding hydrogens is 428 g/mol. The van der Waals surface area contributed by atoms with Crippen LogP contribution in [0.4, 0.5) is 5.69 Å². The highest BCUT2D eigenvalue weighted by Gasteiger charge is 2.46. The summed E-state index contributed by atoms with van der Waals surface area (Å²) in [5.41, 5.74) is 15.2. The van der Waals surface area contributed by atoms with Crippen LogP contribution in [0.15, 0.2) is 54.7 Å². The van der Waals surface area contributed by atoms with Gasteiger partial charge in [0.05, 0.1) is 5.52 Å². The van der Waals surface area contributed by atoms with Gasteiger partial charge in [0.1, 0.15) is 18.1 Å². The lowest BCUT2D eigenvalue weighted by molar-refractivity contribution is -0.126. The third kappa shape index (κ3) is 4.04. The van der Waals surface area contributed by atoms with E-state index in [9.17, 15) is 10.0 Å². The molecule has 0 saturated heterocycles. The van der Waals surface area contributed by atoms with Crippen LogP contribution in [0.2, 0.25) is 0 Å². The van der Waals surface area contributed by atoms with Crippen molar-refractivity contribution in [3.63, 3.8) is 0 Å². The molecule has 2 heterocycles. The topological polar surface area (TPSA) is 141 Å². The fraction of sp³-hybridized carbons (Fsp3) is 0.346. The number of nitrogens with zero attached hydrogens (tertiary/aromatic N) is 2. The van der Waals surface area contributed by atoms with E-state index >= 15 is 0 Å². The first-order chi connectivity index (χ1) is 16.3. The van der Waals surface area contributed by atoms with Crippen LogP contribution >= 0.6 is 0 Å². The first-order valence-electron chi connectivity index (χ1n) is 11.8. The van der Waals surface area contributed by atoms with Gasteiger partial charge in [-0.15, -0.1) is 0 Å². The number of aromatic nitrogens is 1. The number of nitrogens with one attached hydrogen (secondary N) is 2. The third-order valence-corrected chi connectivity index (χ3v) is 7.29. The Morgan fingerprint density at radius 1 is 1.15 bits per heavy atom. The zero-order valence-electron chi connectivity index (χ0n) is 19.0. The molecule has 176 valence electrons. The summed E-state index contributed by atoms with van der Waals surface area (Å²) in [5, 5.41) is 26.6. The van der Waals surface area contributed by atoms with E-state index in [1.54, 1.807) is 18.3 Å². The van der Waals surface area contributed by atoms with Crippen LogP contribution in [0.3, 0.4) is 0 Å². The average molecular weight is 459 g/mol. The van der Waals surface area contributed by atoms with Crippen molar-refractivity contribution in [3.05, 3.63) is 76.6 Å². The maximum Gasteiger partial charge on any atom is 0.279 e. The van der Waals surface area contributed by atoms with E-state index in [-0.39, 0.29) is 30.4 Å². The number of para-hydroxylation sites is 1. The Morgan fingerprint density at radius 3 is 2.68 bits per heavy atom. The summed E-state index contributed by atoms with van der Waals surface area (Å²) in [6.07, 6.45) is 5.45. The fourth-order valence-corrected chi connectivity index (χ4v) is 5.36. The predicted molar refractivity (Wildman–Crippen MR) is 134 cm³/mol. The van der Waals surface area contributed by atoms with E-state index in [0.717, 1.165) is 47.7 Å². The predicted octanol–water partition coefficient (Wildman–Crippen LogP) is 2.83. The summed E-state index contributed by atoms with van der Waals surface area (Å²) in [6, 6.07) is 14.2. The van der Waals surface area contributed by atoms with E-state index in [1.165, 1.54) is 0 Å². The molecule has 2 aliphatic rings. The molecule has 8 nitrogen and oxygen atoms in total. The first kappa shape index (κ1) is 22.5. The molecule has 5 rings (SSSR count). The molecular formula is C26H30N6O2. The van der Waals surface area contributed by atoms with Crippen LogP contribution in [0.5, 0.6) is 0 Å². The Kier molecular flexibility index (Phi) is 5.81. The number of amidine groups is 1. The lowest BCUT2D eigenvalue weighted by Crippen LogP contribution is -2.57. The average Bonchev–Trinajstić information content (AvgIpc) is 3.12. The molecule has 2 atom stereocenters. The first-order valence-corrected chi connectivity index (χ1v) is 11.8. The van der Waals surface area contributed by atoms with E-state index in [1.807, 2.05) is 36.4 Å². The molecule has 2 aromatic carbocycles. The van der Waals surface area contributed by atoms with E-state index < -0.39 is 10.7 Å². The fourth-order valence-electron chi connectivity index (χ4n) is 5.36. The van der Waals surface area contributed by atoms with Crippen molar-refractivity contribution in [2.45, 2.75) is 56.8 Å². The lowest BCUT2D eigenvalue weighted by atomic mass is 9.91. The Hall–Kier alpha value is -3.33. The highest BCUT2D eigenvalue weighted by Crippen LogP contribution is 2.41. The van der Waals surface area contributed by atoms with Gasteiger partial charge in [-0.2, -0.15) is 0 Å². The Bertz CT molecular complexity index is 1250. The number of pyridine rings is 1. The van der Waals surface area contributed by atoms with Crippen LogP contribution in [0.25, 0.3) is 10.9 Å². The Labute approximate surface area is 198 Å². The SMILES string of the molecule is N=C(N)c1ccc2c(c1)[N+]([O-])(Cc1ccnc3ccccc13)C(C(=O)NC1CCC(N)CC1)C2. The summed E-state index contributed by atoms with van der Waals surface area (Å²) in [5.74, 6) is -0.329. The van der Waals surface area contributed by atoms with E-state index in [0.29, 0.717) is 17.7 Å². The van der Waals surface area contributed by atoms with Crippen molar-refractivity contribution in [3.8, 4) is 0 Å². The molecule has 3 aromatic rings. The largest absolute Gasteiger partial charge is 0.627 e. The Morgan fingerprint density at radius 2 is 1.91 bits per heavy atom. The second kappa shape index (κ2) is 8.79. The molecule has 0 radical (unpaired) electrons. The number of hydrogen-bond donors (Lipinski definition) is 4. The number of hydrogen-bond acceptors (Lipinski definition) is 5. The van der Waals surface area contributed by atoms with Crippen LogP contribution < -0.4 is 21.4 Å². The second-order valence-electron chi connectivity index (χ2n) is 9.54. The number of carbonyl (C=O) groups is 1. The molecule has 1 aliphatic carbocycles. The molecule has 8 heteroatoms. The second-order valence-corrected chi connectivity index (χ2v) is 9.54. The zero-order valence-corrected chi connectivity index (χ0v) is 19.0. The van der Waals surface area contributed by atoms with Gasteiger partial charge in [0, 0.05) is 52.8 Å². The molecule has 1 saturated carbocycles. The third-order valence-electron chi connectivity index (χ3n) is 7.29. The van der Waals surface area contributed by atoms with Crippen LogP contribution in [0, 0.1) is 10.6 Å². The van der Waals surface area contributed by atoms with Gasteiger partial charge in [0.25, 0.3) is 5.91 Å². The van der Waals surface area contributed by atoms with Gasteiger partial charge in [-0.1, -0.05) is 30.3 Å². The van der Waals surface area contributed by atoms with Crippen molar-refractivity contribution in [2.24, 2.45) is 11.5 Å². The van der Waals surface area contributed by atoms with Crippen molar-refractivity contribution in [2.75, 3.05) is 0 Å². The van der Waals surface area contributed by atoms with Crippen molar-refractivity contribution >= 4 is 28.3 Å². The number of nitrogen functional groups attached to an aromatic ring is 1. The normalized spacial score (nSPS) is 26.2. The van der Waals surface area contributed by atoms with Crippen molar-refractivity contribution in [1.29, 1.82) is 5.41 Å². The van der Waals surface area contributed by atoms with Gasteiger partial charge in [0.2, 0.25) is 0 Å². The molecule has 0 spiro atoms. The summed E-state index contributed by atoms with van der Waals surface area (Å²) in [7, 11) is 0. The van der Waals surface area contributed by atoms with Gasteiger partial charge in [-0.3, -0.25) is 15.2 Å². The number of rotatable bonds is 5. The minimum absolute atomic E-state index is 0.0407. The quantitative estimate of drug-likeness (QED) is 0.201. The lowest BCUT2D eigenvalue weighted by Gasteiger charge is -2.44. The number of hydroxylamine groups is 2. The smallest absolute Gasteiger partial charge is 0.279 e. The van der Waals surface area contributed by atoms with Crippen LogP contribution in [-0.2, 0) is 17.8 Å².